The van der Waals surface area contributed by atoms with E-state index in [0.29, 0.717) is 41.4 Å². The van der Waals surface area contributed by atoms with Gasteiger partial charge in [-0.3, -0.25) is 0 Å². The van der Waals surface area contributed by atoms with E-state index in [1.807, 2.05) is 6.07 Å². The number of benzene rings is 2. The lowest BCUT2D eigenvalue weighted by Crippen LogP contribution is -2.34. The maximum absolute atomic E-state index is 14.0. The summed E-state index contributed by atoms with van der Waals surface area (Å²) in [4.78, 5) is 0. The minimum atomic E-state index is -3.41. The third-order valence-corrected chi connectivity index (χ3v) is 7.62. The Balaban J connectivity index is 1.69. The van der Waals surface area contributed by atoms with Crippen molar-refractivity contribution < 1.29 is 12.8 Å². The molecule has 0 N–H and O–H groups in total. The number of sulfonamides is 1. The summed E-state index contributed by atoms with van der Waals surface area (Å²) >= 11 is 7.46. The van der Waals surface area contributed by atoms with Crippen LogP contribution in [0.1, 0.15) is 22.8 Å². The number of thioether (sulfide) groups is 1. The first-order valence-corrected chi connectivity index (χ1v) is 11.1. The Morgan fingerprint density at radius 2 is 1.84 bits per heavy atom. The van der Waals surface area contributed by atoms with E-state index >= 15 is 0 Å². The highest BCUT2D eigenvalue weighted by Gasteiger charge is 2.28. The topological polar surface area (TPSA) is 37.4 Å². The highest BCUT2D eigenvalue weighted by Crippen LogP contribution is 2.36. The van der Waals surface area contributed by atoms with Crippen LogP contribution in [0.4, 0.5) is 4.39 Å². The van der Waals surface area contributed by atoms with E-state index in [9.17, 15) is 12.8 Å². The summed E-state index contributed by atoms with van der Waals surface area (Å²) in [5.41, 5.74) is 1.37. The molecule has 0 bridgehead atoms. The molecule has 0 saturated carbocycles. The third kappa shape index (κ3) is 4.76. The van der Waals surface area contributed by atoms with Crippen molar-refractivity contribution in [1.29, 1.82) is 0 Å². The van der Waals surface area contributed by atoms with Gasteiger partial charge in [-0.15, -0.1) is 0 Å². The van der Waals surface area contributed by atoms with Crippen LogP contribution in [0.15, 0.2) is 48.5 Å². The molecule has 2 aromatic rings. The normalized spacial score (nSPS) is 19.5. The zero-order chi connectivity index (χ0) is 17.9. The van der Waals surface area contributed by atoms with Gasteiger partial charge in [0.2, 0.25) is 10.0 Å². The van der Waals surface area contributed by atoms with Gasteiger partial charge in [0.05, 0.1) is 5.75 Å². The van der Waals surface area contributed by atoms with Crippen LogP contribution >= 0.6 is 23.4 Å². The zero-order valence-corrected chi connectivity index (χ0v) is 16.0. The third-order valence-electron chi connectivity index (χ3n) is 4.21. The predicted octanol–water partition coefficient (Wildman–Crippen LogP) is 4.49. The number of hydrogen-bond acceptors (Lipinski definition) is 3. The zero-order valence-electron chi connectivity index (χ0n) is 13.6. The van der Waals surface area contributed by atoms with Gasteiger partial charge in [0.1, 0.15) is 5.82 Å². The number of halogens is 2. The molecule has 7 heteroatoms. The lowest BCUT2D eigenvalue weighted by atomic mass is 10.1. The van der Waals surface area contributed by atoms with Crippen molar-refractivity contribution >= 4 is 33.4 Å². The monoisotopic (exact) mass is 399 g/mol. The molecule has 0 spiro atoms. The molecule has 1 aliphatic rings. The molecule has 1 saturated heterocycles. The number of nitrogens with zero attached hydrogens (tertiary/aromatic N) is 1. The van der Waals surface area contributed by atoms with Crippen LogP contribution in [0.2, 0.25) is 5.02 Å². The fourth-order valence-corrected chi connectivity index (χ4v) is 5.94. The maximum atomic E-state index is 14.0. The first-order chi connectivity index (χ1) is 12.0. The fraction of sp³-hybridized carbons (Fsp3) is 0.333. The van der Waals surface area contributed by atoms with Crippen LogP contribution in [0.3, 0.4) is 0 Å². The van der Waals surface area contributed by atoms with Crippen molar-refractivity contribution in [1.82, 2.24) is 4.31 Å². The van der Waals surface area contributed by atoms with Crippen molar-refractivity contribution in [2.75, 3.05) is 18.8 Å². The van der Waals surface area contributed by atoms with Gasteiger partial charge in [-0.2, -0.15) is 11.8 Å². The summed E-state index contributed by atoms with van der Waals surface area (Å²) in [7, 11) is -3.41. The van der Waals surface area contributed by atoms with E-state index in [-0.39, 0.29) is 16.8 Å². The van der Waals surface area contributed by atoms with Crippen LogP contribution in [-0.2, 0) is 15.8 Å². The first kappa shape index (κ1) is 18.7. The van der Waals surface area contributed by atoms with Gasteiger partial charge in [0, 0.05) is 34.7 Å². The minimum Gasteiger partial charge on any atom is -0.212 e. The predicted molar refractivity (Wildman–Crippen MR) is 102 cm³/mol. The van der Waals surface area contributed by atoms with Gasteiger partial charge >= 0.3 is 0 Å². The van der Waals surface area contributed by atoms with E-state index in [1.54, 1.807) is 48.2 Å². The standard InChI is InChI=1S/C18H19ClFNO2S2/c19-15-7-5-14(6-8-15)13-25(22,23)21-10-9-18(24-12-11-21)16-3-1-2-4-17(16)20/h1-8,18H,9-13H2. The molecule has 1 fully saturated rings. The smallest absolute Gasteiger partial charge is 0.212 e. The van der Waals surface area contributed by atoms with Gasteiger partial charge in [-0.1, -0.05) is 41.9 Å². The molecule has 1 unspecified atom stereocenters. The molecule has 1 atom stereocenters. The summed E-state index contributed by atoms with van der Waals surface area (Å²) in [6.45, 7) is 0.855. The van der Waals surface area contributed by atoms with Gasteiger partial charge in [0.15, 0.2) is 0 Å². The molecule has 25 heavy (non-hydrogen) atoms. The molecular weight excluding hydrogens is 381 g/mol. The van der Waals surface area contributed by atoms with Gasteiger partial charge in [-0.05, 0) is 30.2 Å². The van der Waals surface area contributed by atoms with Gasteiger partial charge in [-0.25, -0.2) is 17.1 Å². The molecule has 0 aromatic heterocycles. The lowest BCUT2D eigenvalue weighted by molar-refractivity contribution is 0.426. The van der Waals surface area contributed by atoms with Crippen molar-refractivity contribution in [2.24, 2.45) is 0 Å². The quantitative estimate of drug-likeness (QED) is 0.760. The van der Waals surface area contributed by atoms with Crippen LogP contribution in [0.5, 0.6) is 0 Å². The summed E-state index contributed by atoms with van der Waals surface area (Å²) in [6, 6.07) is 13.6. The second-order valence-corrected chi connectivity index (χ2v) is 9.67. The Bertz CT molecular complexity index is 827. The van der Waals surface area contributed by atoms with E-state index in [0.717, 1.165) is 0 Å². The molecule has 3 nitrogen and oxygen atoms in total. The minimum absolute atomic E-state index is 0.0167. The average Bonchev–Trinajstić information content (AvgIpc) is 2.84. The number of rotatable bonds is 4. The number of hydrogen-bond donors (Lipinski definition) is 0. The molecular formula is C18H19ClFNO2S2. The Labute approximate surface area is 157 Å². The Morgan fingerprint density at radius 3 is 2.56 bits per heavy atom. The second-order valence-electron chi connectivity index (χ2n) is 5.95. The lowest BCUT2D eigenvalue weighted by Gasteiger charge is -2.20. The van der Waals surface area contributed by atoms with Crippen molar-refractivity contribution in [3.05, 3.63) is 70.5 Å². The van der Waals surface area contributed by atoms with Crippen molar-refractivity contribution in [3.63, 3.8) is 0 Å². The molecule has 1 aliphatic heterocycles. The van der Waals surface area contributed by atoms with Gasteiger partial charge < -0.3 is 0 Å². The van der Waals surface area contributed by atoms with Crippen molar-refractivity contribution in [3.8, 4) is 0 Å². The fourth-order valence-electron chi connectivity index (χ4n) is 2.90. The Kier molecular flexibility index (Phi) is 6.04. The Morgan fingerprint density at radius 1 is 1.12 bits per heavy atom. The Hall–Kier alpha value is -1.08. The van der Waals surface area contributed by atoms with Gasteiger partial charge in [0.25, 0.3) is 0 Å². The van der Waals surface area contributed by atoms with Crippen LogP contribution in [0.25, 0.3) is 0 Å². The highest BCUT2D eigenvalue weighted by atomic mass is 35.5. The van der Waals surface area contributed by atoms with Crippen molar-refractivity contribution in [2.45, 2.75) is 17.4 Å². The van der Waals surface area contributed by atoms with E-state index in [4.69, 9.17) is 11.6 Å². The molecule has 0 radical (unpaired) electrons. The van der Waals surface area contributed by atoms with Crippen LogP contribution in [0, 0.1) is 5.82 Å². The molecule has 0 aliphatic carbocycles. The molecule has 3 rings (SSSR count). The van der Waals surface area contributed by atoms with E-state index in [1.165, 1.54) is 10.4 Å². The van der Waals surface area contributed by atoms with Crippen LogP contribution < -0.4 is 0 Å². The SMILES string of the molecule is O=S(=O)(Cc1ccc(Cl)cc1)N1CCSC(c2ccccc2F)CC1. The summed E-state index contributed by atoms with van der Waals surface area (Å²) < 4.78 is 41.0. The van der Waals surface area contributed by atoms with E-state index in [2.05, 4.69) is 0 Å². The summed E-state index contributed by atoms with van der Waals surface area (Å²) in [5, 5.41) is 0.567. The largest absolute Gasteiger partial charge is 0.218 e. The van der Waals surface area contributed by atoms with Crippen LogP contribution in [-0.4, -0.2) is 31.6 Å². The average molecular weight is 400 g/mol. The van der Waals surface area contributed by atoms with E-state index < -0.39 is 10.0 Å². The highest BCUT2D eigenvalue weighted by molar-refractivity contribution is 7.99. The maximum Gasteiger partial charge on any atom is 0.218 e. The molecule has 134 valence electrons. The first-order valence-electron chi connectivity index (χ1n) is 8.04. The molecule has 2 aromatic carbocycles. The molecule has 1 heterocycles. The second kappa shape index (κ2) is 8.08. The summed E-state index contributed by atoms with van der Waals surface area (Å²) in [6.07, 6.45) is 0.603. The summed E-state index contributed by atoms with van der Waals surface area (Å²) in [5.74, 6) is 0.385. The molecule has 0 amide bonds.